The van der Waals surface area contributed by atoms with Gasteiger partial charge in [0.15, 0.2) is 0 Å². The highest BCUT2D eigenvalue weighted by molar-refractivity contribution is 6.06. The first kappa shape index (κ1) is 17.3. The van der Waals surface area contributed by atoms with E-state index in [1.807, 2.05) is 0 Å². The summed E-state index contributed by atoms with van der Waals surface area (Å²) in [6.07, 6.45) is 0.851. The monoisotopic (exact) mass is 390 g/mol. The molecule has 6 aromatic rings. The van der Waals surface area contributed by atoms with Crippen LogP contribution in [0.3, 0.4) is 0 Å². The second kappa shape index (κ2) is 6.24. The summed E-state index contributed by atoms with van der Waals surface area (Å²) in [4.78, 5) is 0. The van der Waals surface area contributed by atoms with Gasteiger partial charge in [0, 0.05) is 21.5 Å². The van der Waals surface area contributed by atoms with Gasteiger partial charge < -0.3 is 8.83 Å². The molecule has 0 aliphatic heterocycles. The summed E-state index contributed by atoms with van der Waals surface area (Å²) in [6.45, 7) is 6.35. The summed E-state index contributed by atoms with van der Waals surface area (Å²) in [5.41, 5.74) is 10.0. The van der Waals surface area contributed by atoms with Gasteiger partial charge in [0.05, 0.1) is 0 Å². The number of hydrogen-bond acceptors (Lipinski definition) is 2. The van der Waals surface area contributed by atoms with E-state index in [0.717, 1.165) is 28.8 Å². The van der Waals surface area contributed by atoms with Gasteiger partial charge in [-0.1, -0.05) is 48.5 Å². The van der Waals surface area contributed by atoms with Crippen LogP contribution >= 0.6 is 0 Å². The van der Waals surface area contributed by atoms with E-state index < -0.39 is 0 Å². The molecule has 0 bridgehead atoms. The van der Waals surface area contributed by atoms with E-state index in [1.54, 1.807) is 0 Å². The SMILES string of the molecule is Cc1ccc2c(c1)oc1cc(Cc3ccc4c(oc5cc(C)ccc54)c3C)ccc12. The zero-order chi connectivity index (χ0) is 20.4. The largest absolute Gasteiger partial charge is 0.456 e. The van der Waals surface area contributed by atoms with Gasteiger partial charge in [-0.05, 0) is 73.2 Å². The summed E-state index contributed by atoms with van der Waals surface area (Å²) in [5, 5.41) is 4.73. The number of benzene rings is 4. The van der Waals surface area contributed by atoms with Crippen molar-refractivity contribution in [2.24, 2.45) is 0 Å². The molecular formula is C28H22O2. The Morgan fingerprint density at radius 3 is 1.87 bits per heavy atom. The minimum atomic E-state index is 0.851. The van der Waals surface area contributed by atoms with Crippen molar-refractivity contribution >= 4 is 43.9 Å². The molecule has 0 amide bonds. The fourth-order valence-electron chi connectivity index (χ4n) is 4.57. The Balaban J connectivity index is 1.44. The number of hydrogen-bond donors (Lipinski definition) is 0. The lowest BCUT2D eigenvalue weighted by molar-refractivity contribution is 0.664. The van der Waals surface area contributed by atoms with Crippen molar-refractivity contribution in [3.8, 4) is 0 Å². The molecule has 0 unspecified atom stereocenters. The molecular weight excluding hydrogens is 368 g/mol. The highest BCUT2D eigenvalue weighted by atomic mass is 16.3. The molecule has 0 spiro atoms. The summed E-state index contributed by atoms with van der Waals surface area (Å²) in [5.74, 6) is 0. The molecule has 4 aromatic carbocycles. The maximum atomic E-state index is 6.25. The summed E-state index contributed by atoms with van der Waals surface area (Å²) in [6, 6.07) is 23.8. The Hall–Kier alpha value is -3.52. The predicted molar refractivity (Wildman–Crippen MR) is 124 cm³/mol. The van der Waals surface area contributed by atoms with E-state index >= 15 is 0 Å². The van der Waals surface area contributed by atoms with Crippen LogP contribution in [0.1, 0.15) is 27.8 Å². The van der Waals surface area contributed by atoms with Gasteiger partial charge in [0.2, 0.25) is 0 Å². The third-order valence-electron chi connectivity index (χ3n) is 6.25. The minimum Gasteiger partial charge on any atom is -0.456 e. The minimum absolute atomic E-state index is 0.851. The summed E-state index contributed by atoms with van der Waals surface area (Å²) >= 11 is 0. The predicted octanol–water partition coefficient (Wildman–Crippen LogP) is 8.00. The van der Waals surface area contributed by atoms with E-state index in [0.29, 0.717) is 0 Å². The fraction of sp³-hybridized carbons (Fsp3) is 0.143. The van der Waals surface area contributed by atoms with Gasteiger partial charge in [-0.25, -0.2) is 0 Å². The topological polar surface area (TPSA) is 26.3 Å². The normalized spacial score (nSPS) is 12.0. The Morgan fingerprint density at radius 1 is 0.567 bits per heavy atom. The maximum Gasteiger partial charge on any atom is 0.138 e. The third kappa shape index (κ3) is 2.57. The molecule has 6 rings (SSSR count). The highest BCUT2D eigenvalue weighted by Gasteiger charge is 2.13. The Kier molecular flexibility index (Phi) is 3.61. The van der Waals surface area contributed by atoms with E-state index in [1.165, 1.54) is 49.4 Å². The van der Waals surface area contributed by atoms with E-state index in [-0.39, 0.29) is 0 Å². The number of aryl methyl sites for hydroxylation is 3. The third-order valence-corrected chi connectivity index (χ3v) is 6.25. The van der Waals surface area contributed by atoms with Crippen LogP contribution in [-0.4, -0.2) is 0 Å². The van der Waals surface area contributed by atoms with Gasteiger partial charge in [-0.15, -0.1) is 0 Å². The Morgan fingerprint density at radius 2 is 1.13 bits per heavy atom. The quantitative estimate of drug-likeness (QED) is 0.299. The van der Waals surface area contributed by atoms with E-state index in [2.05, 4.69) is 87.5 Å². The average Bonchev–Trinajstić information content (AvgIpc) is 3.27. The van der Waals surface area contributed by atoms with Crippen LogP contribution in [0.5, 0.6) is 0 Å². The fourth-order valence-corrected chi connectivity index (χ4v) is 4.57. The van der Waals surface area contributed by atoms with Crippen LogP contribution in [0.25, 0.3) is 43.9 Å². The van der Waals surface area contributed by atoms with Gasteiger partial charge in [-0.3, -0.25) is 0 Å². The van der Waals surface area contributed by atoms with Gasteiger partial charge in [0.1, 0.15) is 22.3 Å². The average molecular weight is 390 g/mol. The second-order valence-corrected chi connectivity index (χ2v) is 8.44. The Bertz CT molecular complexity index is 1590. The maximum absolute atomic E-state index is 6.25. The smallest absolute Gasteiger partial charge is 0.138 e. The highest BCUT2D eigenvalue weighted by Crippen LogP contribution is 2.34. The number of rotatable bonds is 2. The van der Waals surface area contributed by atoms with E-state index in [9.17, 15) is 0 Å². The second-order valence-electron chi connectivity index (χ2n) is 8.44. The van der Waals surface area contributed by atoms with Crippen LogP contribution < -0.4 is 0 Å². The first-order valence-electron chi connectivity index (χ1n) is 10.4. The van der Waals surface area contributed by atoms with Crippen LogP contribution in [0, 0.1) is 20.8 Å². The van der Waals surface area contributed by atoms with Crippen molar-refractivity contribution in [3.63, 3.8) is 0 Å². The molecule has 0 atom stereocenters. The van der Waals surface area contributed by atoms with Gasteiger partial charge in [-0.2, -0.15) is 0 Å². The van der Waals surface area contributed by atoms with Crippen molar-refractivity contribution < 1.29 is 8.83 Å². The van der Waals surface area contributed by atoms with Crippen molar-refractivity contribution in [3.05, 3.63) is 94.5 Å². The molecule has 2 heterocycles. The van der Waals surface area contributed by atoms with Crippen LogP contribution in [-0.2, 0) is 6.42 Å². The lowest BCUT2D eigenvalue weighted by Crippen LogP contribution is -1.92. The molecule has 0 aliphatic rings. The summed E-state index contributed by atoms with van der Waals surface area (Å²) < 4.78 is 12.4. The summed E-state index contributed by atoms with van der Waals surface area (Å²) in [7, 11) is 0. The number of furan rings is 2. The lowest BCUT2D eigenvalue weighted by atomic mass is 9.97. The van der Waals surface area contributed by atoms with Crippen molar-refractivity contribution in [2.45, 2.75) is 27.2 Å². The Labute approximate surface area is 174 Å². The zero-order valence-electron chi connectivity index (χ0n) is 17.4. The molecule has 0 aliphatic carbocycles. The number of fused-ring (bicyclic) bond motifs is 6. The van der Waals surface area contributed by atoms with Crippen LogP contribution in [0.15, 0.2) is 75.6 Å². The van der Waals surface area contributed by atoms with Crippen molar-refractivity contribution in [1.82, 2.24) is 0 Å². The molecule has 2 aromatic heterocycles. The van der Waals surface area contributed by atoms with Crippen molar-refractivity contribution in [2.75, 3.05) is 0 Å². The molecule has 2 heteroatoms. The van der Waals surface area contributed by atoms with Gasteiger partial charge in [0.25, 0.3) is 0 Å². The molecule has 0 saturated carbocycles. The standard InChI is InChI=1S/C28H22O2/c1-16-4-8-21-22-10-6-19(15-27(22)29-25(21)12-16)14-20-7-11-24-23-9-5-17(2)13-26(23)30-28(24)18(20)3/h4-13,15H,14H2,1-3H3. The molecule has 2 nitrogen and oxygen atoms in total. The first-order chi connectivity index (χ1) is 14.6. The van der Waals surface area contributed by atoms with Crippen LogP contribution in [0.2, 0.25) is 0 Å². The molecule has 0 radical (unpaired) electrons. The molecule has 0 saturated heterocycles. The zero-order valence-corrected chi connectivity index (χ0v) is 17.4. The van der Waals surface area contributed by atoms with E-state index in [4.69, 9.17) is 8.83 Å². The van der Waals surface area contributed by atoms with Gasteiger partial charge >= 0.3 is 0 Å². The van der Waals surface area contributed by atoms with Crippen LogP contribution in [0.4, 0.5) is 0 Å². The molecule has 0 N–H and O–H groups in total. The molecule has 0 fully saturated rings. The van der Waals surface area contributed by atoms with Crippen molar-refractivity contribution in [1.29, 1.82) is 0 Å². The first-order valence-corrected chi connectivity index (χ1v) is 10.4. The molecule has 146 valence electrons. The lowest BCUT2D eigenvalue weighted by Gasteiger charge is -2.07. The molecule has 30 heavy (non-hydrogen) atoms.